The molecule has 10 heteroatoms. The fourth-order valence-electron chi connectivity index (χ4n) is 3.78. The molecule has 0 aromatic heterocycles. The maximum Gasteiger partial charge on any atom is 0.293 e. The Balaban J connectivity index is 1.47. The Morgan fingerprint density at radius 2 is 1.71 bits per heavy atom. The number of halogens is 2. The van der Waals surface area contributed by atoms with Gasteiger partial charge in [-0.2, -0.15) is 0 Å². The molecule has 2 aliphatic rings. The zero-order chi connectivity index (χ0) is 24.4. The Morgan fingerprint density at radius 1 is 1.00 bits per heavy atom. The number of piperazine rings is 1. The van der Waals surface area contributed by atoms with Crippen molar-refractivity contribution >= 4 is 40.8 Å². The molecule has 0 bridgehead atoms. The molecule has 0 saturated carbocycles. The van der Waals surface area contributed by atoms with Gasteiger partial charge in [-0.1, -0.05) is 18.2 Å². The molecule has 0 radical (unpaired) electrons. The van der Waals surface area contributed by atoms with Crippen molar-refractivity contribution < 1.29 is 28.0 Å². The van der Waals surface area contributed by atoms with E-state index in [-0.39, 0.29) is 28.8 Å². The summed E-state index contributed by atoms with van der Waals surface area (Å²) in [4.78, 5) is 53.9. The lowest BCUT2D eigenvalue weighted by Gasteiger charge is -2.34. The number of nitrogens with zero attached hydrogens (tertiary/aromatic N) is 3. The molecule has 2 heterocycles. The Hall–Kier alpha value is -3.53. The van der Waals surface area contributed by atoms with E-state index in [0.717, 1.165) is 22.7 Å². The summed E-state index contributed by atoms with van der Waals surface area (Å²) >= 11 is 0.719. The Bertz CT molecular complexity index is 1210. The Labute approximate surface area is 199 Å². The van der Waals surface area contributed by atoms with E-state index in [4.69, 9.17) is 0 Å². The molecule has 2 aromatic rings. The highest BCUT2D eigenvalue weighted by molar-refractivity contribution is 8.18. The summed E-state index contributed by atoms with van der Waals surface area (Å²) < 4.78 is 27.1. The quantitative estimate of drug-likeness (QED) is 0.620. The topological polar surface area (TPSA) is 78.0 Å². The van der Waals surface area contributed by atoms with Crippen molar-refractivity contribution in [3.63, 3.8) is 0 Å². The number of thioether (sulfide) groups is 1. The number of benzene rings is 2. The third-order valence-electron chi connectivity index (χ3n) is 5.66. The van der Waals surface area contributed by atoms with E-state index in [0.29, 0.717) is 43.4 Å². The van der Waals surface area contributed by atoms with Gasteiger partial charge in [-0.15, -0.1) is 0 Å². The molecular formula is C24H21F2N3O4S. The lowest BCUT2D eigenvalue weighted by Crippen LogP contribution is -2.50. The van der Waals surface area contributed by atoms with Crippen molar-refractivity contribution in [2.75, 3.05) is 26.2 Å². The summed E-state index contributed by atoms with van der Waals surface area (Å²) in [5.74, 6) is -2.37. The first-order chi connectivity index (χ1) is 16.2. The van der Waals surface area contributed by atoms with Crippen molar-refractivity contribution in [2.24, 2.45) is 0 Å². The summed E-state index contributed by atoms with van der Waals surface area (Å²) in [6, 6.07) is 9.65. The molecule has 4 rings (SSSR count). The minimum Gasteiger partial charge on any atom is -0.339 e. The maximum absolute atomic E-state index is 14.0. The Kier molecular flexibility index (Phi) is 6.78. The van der Waals surface area contributed by atoms with E-state index in [1.165, 1.54) is 19.1 Å². The van der Waals surface area contributed by atoms with E-state index in [2.05, 4.69) is 0 Å². The maximum atomic E-state index is 14.0. The van der Waals surface area contributed by atoms with Gasteiger partial charge < -0.3 is 9.80 Å². The number of carbonyl (C=O) groups is 4. The summed E-state index contributed by atoms with van der Waals surface area (Å²) in [7, 11) is 0. The highest BCUT2D eigenvalue weighted by Crippen LogP contribution is 2.33. The van der Waals surface area contributed by atoms with Crippen molar-refractivity contribution in [3.05, 3.63) is 75.7 Å². The zero-order valence-corrected chi connectivity index (χ0v) is 19.1. The van der Waals surface area contributed by atoms with Crippen molar-refractivity contribution in [3.8, 4) is 0 Å². The number of hydrogen-bond donors (Lipinski definition) is 0. The van der Waals surface area contributed by atoms with Crippen LogP contribution in [0.3, 0.4) is 0 Å². The average molecular weight is 486 g/mol. The van der Waals surface area contributed by atoms with E-state index < -0.39 is 22.8 Å². The highest BCUT2D eigenvalue weighted by Gasteiger charge is 2.35. The smallest absolute Gasteiger partial charge is 0.293 e. The van der Waals surface area contributed by atoms with Crippen molar-refractivity contribution in [2.45, 2.75) is 13.5 Å². The molecule has 7 nitrogen and oxygen atoms in total. The van der Waals surface area contributed by atoms with E-state index in [9.17, 15) is 28.0 Å². The monoisotopic (exact) mass is 485 g/mol. The molecule has 0 unspecified atom stereocenters. The van der Waals surface area contributed by atoms with Gasteiger partial charge in [0, 0.05) is 50.3 Å². The average Bonchev–Trinajstić information content (AvgIpc) is 3.07. The van der Waals surface area contributed by atoms with E-state index in [1.54, 1.807) is 34.1 Å². The van der Waals surface area contributed by atoms with Crippen LogP contribution in [0.1, 0.15) is 28.4 Å². The van der Waals surface area contributed by atoms with Gasteiger partial charge in [-0.25, -0.2) is 8.78 Å². The number of hydrogen-bond acceptors (Lipinski definition) is 5. The van der Waals surface area contributed by atoms with Gasteiger partial charge in [0.25, 0.3) is 17.1 Å². The van der Waals surface area contributed by atoms with Gasteiger partial charge in [-0.05, 0) is 41.6 Å². The predicted molar refractivity (Wildman–Crippen MR) is 122 cm³/mol. The third kappa shape index (κ3) is 5.01. The SMILES string of the molecule is CC(=O)N1CCN(C(=O)c2cccc(C=C3SC(=O)N(Cc4ccc(F)cc4F)C3=O)c2)CC1. The van der Waals surface area contributed by atoms with Gasteiger partial charge in [0.2, 0.25) is 5.91 Å². The second kappa shape index (κ2) is 9.76. The molecule has 2 aliphatic heterocycles. The molecule has 176 valence electrons. The van der Waals surface area contributed by atoms with Crippen LogP contribution in [0.5, 0.6) is 0 Å². The number of carbonyl (C=O) groups excluding carboxylic acids is 4. The summed E-state index contributed by atoms with van der Waals surface area (Å²) in [5.41, 5.74) is 1.02. The van der Waals surface area contributed by atoms with E-state index in [1.807, 2.05) is 0 Å². The zero-order valence-electron chi connectivity index (χ0n) is 18.3. The highest BCUT2D eigenvalue weighted by atomic mass is 32.2. The number of imide groups is 1. The largest absolute Gasteiger partial charge is 0.339 e. The fraction of sp³-hybridized carbons (Fsp3) is 0.250. The van der Waals surface area contributed by atoms with Crippen LogP contribution in [0.25, 0.3) is 6.08 Å². The summed E-state index contributed by atoms with van der Waals surface area (Å²) in [6.07, 6.45) is 1.51. The second-order valence-electron chi connectivity index (χ2n) is 7.93. The lowest BCUT2D eigenvalue weighted by molar-refractivity contribution is -0.130. The van der Waals surface area contributed by atoms with Crippen LogP contribution in [0.15, 0.2) is 47.4 Å². The fourth-order valence-corrected chi connectivity index (χ4v) is 4.61. The van der Waals surface area contributed by atoms with Gasteiger partial charge in [0.15, 0.2) is 0 Å². The minimum absolute atomic E-state index is 0.0230. The predicted octanol–water partition coefficient (Wildman–Crippen LogP) is 3.51. The standard InChI is InChI=1S/C24H21F2N3O4S/c1-15(30)27-7-9-28(10-8-27)22(31)17-4-2-3-16(11-17)12-21-23(32)29(24(33)34-21)14-18-5-6-19(25)13-20(18)26/h2-6,11-13H,7-10,14H2,1H3. The Morgan fingerprint density at radius 3 is 2.38 bits per heavy atom. The summed E-state index contributed by atoms with van der Waals surface area (Å²) in [5, 5.41) is -0.560. The van der Waals surface area contributed by atoms with Crippen LogP contribution in [0.2, 0.25) is 0 Å². The van der Waals surface area contributed by atoms with Crippen LogP contribution in [-0.2, 0) is 16.1 Å². The van der Waals surface area contributed by atoms with Crippen molar-refractivity contribution in [1.29, 1.82) is 0 Å². The molecule has 0 atom stereocenters. The lowest BCUT2D eigenvalue weighted by atomic mass is 10.1. The van der Waals surface area contributed by atoms with Crippen LogP contribution in [0.4, 0.5) is 13.6 Å². The minimum atomic E-state index is -0.835. The van der Waals surface area contributed by atoms with Gasteiger partial charge in [0.1, 0.15) is 11.6 Å². The van der Waals surface area contributed by atoms with Gasteiger partial charge >= 0.3 is 0 Å². The first kappa shape index (κ1) is 23.6. The van der Waals surface area contributed by atoms with Crippen LogP contribution in [-0.4, -0.2) is 63.8 Å². The van der Waals surface area contributed by atoms with Crippen molar-refractivity contribution in [1.82, 2.24) is 14.7 Å². The van der Waals surface area contributed by atoms with Crippen LogP contribution >= 0.6 is 11.8 Å². The molecule has 4 amide bonds. The molecule has 0 aliphatic carbocycles. The molecule has 2 aromatic carbocycles. The first-order valence-electron chi connectivity index (χ1n) is 10.6. The van der Waals surface area contributed by atoms with Crippen LogP contribution in [0, 0.1) is 11.6 Å². The number of amides is 4. The van der Waals surface area contributed by atoms with Gasteiger partial charge in [0.05, 0.1) is 11.4 Å². The molecular weight excluding hydrogens is 464 g/mol. The molecule has 34 heavy (non-hydrogen) atoms. The second-order valence-corrected chi connectivity index (χ2v) is 8.92. The third-order valence-corrected chi connectivity index (χ3v) is 6.57. The number of rotatable bonds is 4. The molecule has 0 spiro atoms. The first-order valence-corrected chi connectivity index (χ1v) is 11.4. The normalized spacial score (nSPS) is 17.6. The molecule has 0 N–H and O–H groups in total. The van der Waals surface area contributed by atoms with Crippen LogP contribution < -0.4 is 0 Å². The van der Waals surface area contributed by atoms with Gasteiger partial charge in [-0.3, -0.25) is 24.1 Å². The van der Waals surface area contributed by atoms with E-state index >= 15 is 0 Å². The molecule has 2 fully saturated rings. The molecule has 2 saturated heterocycles. The summed E-state index contributed by atoms with van der Waals surface area (Å²) in [6.45, 7) is 3.01.